The fourth-order valence-corrected chi connectivity index (χ4v) is 1.95. The zero-order chi connectivity index (χ0) is 13.8. The number of anilines is 1. The number of nitrogens with one attached hydrogen (secondary N) is 2. The van der Waals surface area contributed by atoms with Crippen LogP contribution in [-0.2, 0) is 0 Å². The average Bonchev–Trinajstić information content (AvgIpc) is 2.79. The molecule has 0 aliphatic heterocycles. The number of hydrogen-bond donors (Lipinski definition) is 2. The third kappa shape index (κ3) is 3.44. The highest BCUT2D eigenvalue weighted by molar-refractivity contribution is 5.77. The Labute approximate surface area is 113 Å². The van der Waals surface area contributed by atoms with Crippen LogP contribution in [-0.4, -0.2) is 41.0 Å². The lowest BCUT2D eigenvalue weighted by Crippen LogP contribution is -2.32. The van der Waals surface area contributed by atoms with E-state index in [0.717, 1.165) is 30.5 Å². The smallest absolute Gasteiger partial charge is 0.201 e. The fraction of sp³-hybridized carbons (Fsp3) is 0.500. The Morgan fingerprint density at radius 2 is 2.26 bits per heavy atom. The van der Waals surface area contributed by atoms with Crippen LogP contribution in [0.15, 0.2) is 18.2 Å². The Hall–Kier alpha value is -1.62. The monoisotopic (exact) mass is 264 g/mol. The first-order valence-corrected chi connectivity index (χ1v) is 6.69. The summed E-state index contributed by atoms with van der Waals surface area (Å²) in [6.07, 6.45) is 1.14. The van der Waals surface area contributed by atoms with Crippen LogP contribution in [0.25, 0.3) is 11.0 Å². The quantitative estimate of drug-likeness (QED) is 0.843. The number of likely N-dealkylation sites (N-methyl/N-ethyl adjacent to an activating group) is 1. The lowest BCUT2D eigenvalue weighted by molar-refractivity contribution is 0.261. The van der Waals surface area contributed by atoms with Crippen molar-refractivity contribution < 1.29 is 4.39 Å². The minimum atomic E-state index is -0.251. The number of aromatic amines is 1. The molecular weight excluding hydrogens is 243 g/mol. The summed E-state index contributed by atoms with van der Waals surface area (Å²) in [6, 6.07) is 5.13. The van der Waals surface area contributed by atoms with Gasteiger partial charge < -0.3 is 15.2 Å². The van der Waals surface area contributed by atoms with Gasteiger partial charge in [0, 0.05) is 19.1 Å². The maximum atomic E-state index is 13.1. The number of halogens is 1. The minimum absolute atomic E-state index is 0.251. The Morgan fingerprint density at radius 1 is 1.47 bits per heavy atom. The lowest BCUT2D eigenvalue weighted by Gasteiger charge is -2.23. The van der Waals surface area contributed by atoms with E-state index in [0.29, 0.717) is 12.0 Å². The second-order valence-electron chi connectivity index (χ2n) is 4.91. The molecule has 0 fully saturated rings. The second kappa shape index (κ2) is 6.02. The molecule has 1 heterocycles. The number of H-pyrrole nitrogens is 1. The van der Waals surface area contributed by atoms with Crippen molar-refractivity contribution in [2.24, 2.45) is 0 Å². The van der Waals surface area contributed by atoms with Crippen molar-refractivity contribution in [2.45, 2.75) is 26.3 Å². The Morgan fingerprint density at radius 3 is 3.00 bits per heavy atom. The van der Waals surface area contributed by atoms with E-state index < -0.39 is 0 Å². The molecule has 1 atom stereocenters. The number of nitrogens with zero attached hydrogens (tertiary/aromatic N) is 2. The Balaban J connectivity index is 1.91. The molecule has 0 amide bonds. The van der Waals surface area contributed by atoms with Gasteiger partial charge in [-0.3, -0.25) is 0 Å². The van der Waals surface area contributed by atoms with E-state index in [2.05, 4.69) is 41.1 Å². The maximum absolute atomic E-state index is 13.1. The summed E-state index contributed by atoms with van der Waals surface area (Å²) in [6.45, 7) is 6.15. The van der Waals surface area contributed by atoms with Crippen LogP contribution >= 0.6 is 0 Å². The summed E-state index contributed by atoms with van der Waals surface area (Å²) in [4.78, 5) is 9.74. The molecule has 1 aromatic heterocycles. The van der Waals surface area contributed by atoms with Crippen molar-refractivity contribution >= 4 is 17.0 Å². The van der Waals surface area contributed by atoms with Gasteiger partial charge in [0.2, 0.25) is 5.95 Å². The summed E-state index contributed by atoms with van der Waals surface area (Å²) in [5.41, 5.74) is 1.50. The van der Waals surface area contributed by atoms with Crippen LogP contribution in [0, 0.1) is 5.82 Å². The Bertz CT molecular complexity index is 537. The van der Waals surface area contributed by atoms with Crippen LogP contribution in [0.3, 0.4) is 0 Å². The molecule has 19 heavy (non-hydrogen) atoms. The molecule has 0 spiro atoms. The number of rotatable bonds is 6. The standard InChI is InChI=1S/C14H21FN4/c1-4-10(2)19(3)8-7-16-14-17-12-6-5-11(15)9-13(12)18-14/h5-6,9-10H,4,7-8H2,1-3H3,(H2,16,17,18). The van der Waals surface area contributed by atoms with Crippen LogP contribution in [0.2, 0.25) is 0 Å². The molecule has 0 saturated heterocycles. The lowest BCUT2D eigenvalue weighted by atomic mass is 10.2. The van der Waals surface area contributed by atoms with Gasteiger partial charge in [0.1, 0.15) is 5.82 Å². The van der Waals surface area contributed by atoms with E-state index in [-0.39, 0.29) is 5.82 Å². The molecule has 2 aromatic rings. The maximum Gasteiger partial charge on any atom is 0.201 e. The summed E-state index contributed by atoms with van der Waals surface area (Å²) in [5.74, 6) is 0.442. The molecule has 0 bridgehead atoms. The highest BCUT2D eigenvalue weighted by Crippen LogP contribution is 2.15. The van der Waals surface area contributed by atoms with Gasteiger partial charge in [-0.15, -0.1) is 0 Å². The van der Waals surface area contributed by atoms with Crippen molar-refractivity contribution in [3.05, 3.63) is 24.0 Å². The molecule has 4 nitrogen and oxygen atoms in total. The van der Waals surface area contributed by atoms with Crippen molar-refractivity contribution in [3.63, 3.8) is 0 Å². The van der Waals surface area contributed by atoms with Gasteiger partial charge in [0.15, 0.2) is 0 Å². The van der Waals surface area contributed by atoms with E-state index >= 15 is 0 Å². The molecule has 2 rings (SSSR count). The molecule has 1 unspecified atom stereocenters. The second-order valence-corrected chi connectivity index (χ2v) is 4.91. The van der Waals surface area contributed by atoms with E-state index in [9.17, 15) is 4.39 Å². The molecule has 1 aromatic carbocycles. The van der Waals surface area contributed by atoms with E-state index in [4.69, 9.17) is 0 Å². The zero-order valence-corrected chi connectivity index (χ0v) is 11.7. The van der Waals surface area contributed by atoms with Gasteiger partial charge in [-0.1, -0.05) is 6.92 Å². The summed E-state index contributed by atoms with van der Waals surface area (Å²) in [7, 11) is 2.11. The largest absolute Gasteiger partial charge is 0.355 e. The van der Waals surface area contributed by atoms with Crippen molar-refractivity contribution in [2.75, 3.05) is 25.5 Å². The van der Waals surface area contributed by atoms with Gasteiger partial charge in [-0.05, 0) is 38.6 Å². The fourth-order valence-electron chi connectivity index (χ4n) is 1.95. The number of fused-ring (bicyclic) bond motifs is 1. The molecule has 2 N–H and O–H groups in total. The molecule has 0 saturated carbocycles. The molecular formula is C14H21FN4. The number of hydrogen-bond acceptors (Lipinski definition) is 3. The third-order valence-corrected chi connectivity index (χ3v) is 3.54. The average molecular weight is 264 g/mol. The Kier molecular flexibility index (Phi) is 4.37. The normalized spacial score (nSPS) is 13.1. The summed E-state index contributed by atoms with van der Waals surface area (Å²) < 4.78 is 13.1. The number of aromatic nitrogens is 2. The third-order valence-electron chi connectivity index (χ3n) is 3.54. The molecule has 0 aliphatic rings. The first-order chi connectivity index (χ1) is 9.10. The van der Waals surface area contributed by atoms with Gasteiger partial charge in [-0.2, -0.15) is 0 Å². The van der Waals surface area contributed by atoms with Gasteiger partial charge in [0.05, 0.1) is 11.0 Å². The predicted molar refractivity (Wildman–Crippen MR) is 76.9 cm³/mol. The van der Waals surface area contributed by atoms with Crippen molar-refractivity contribution in [1.29, 1.82) is 0 Å². The SMILES string of the molecule is CCC(C)N(C)CCNc1nc2ccc(F)cc2[nH]1. The minimum Gasteiger partial charge on any atom is -0.355 e. The first-order valence-electron chi connectivity index (χ1n) is 6.69. The van der Waals surface area contributed by atoms with Gasteiger partial charge in [-0.25, -0.2) is 9.37 Å². The van der Waals surface area contributed by atoms with E-state index in [1.807, 2.05) is 0 Å². The highest BCUT2D eigenvalue weighted by atomic mass is 19.1. The van der Waals surface area contributed by atoms with Crippen LogP contribution in [0.4, 0.5) is 10.3 Å². The summed E-state index contributed by atoms with van der Waals surface area (Å²) >= 11 is 0. The molecule has 5 heteroatoms. The highest BCUT2D eigenvalue weighted by Gasteiger charge is 2.07. The van der Waals surface area contributed by atoms with Crippen molar-refractivity contribution in [1.82, 2.24) is 14.9 Å². The molecule has 0 radical (unpaired) electrons. The number of benzene rings is 1. The van der Waals surface area contributed by atoms with Crippen LogP contribution in [0.1, 0.15) is 20.3 Å². The van der Waals surface area contributed by atoms with Crippen LogP contribution in [0.5, 0.6) is 0 Å². The van der Waals surface area contributed by atoms with Crippen molar-refractivity contribution in [3.8, 4) is 0 Å². The number of imidazole rings is 1. The molecule has 0 aliphatic carbocycles. The zero-order valence-electron chi connectivity index (χ0n) is 11.7. The van der Waals surface area contributed by atoms with Gasteiger partial charge in [0.25, 0.3) is 0 Å². The van der Waals surface area contributed by atoms with E-state index in [1.54, 1.807) is 6.07 Å². The van der Waals surface area contributed by atoms with E-state index in [1.165, 1.54) is 12.1 Å². The van der Waals surface area contributed by atoms with Gasteiger partial charge >= 0.3 is 0 Å². The predicted octanol–water partition coefficient (Wildman–Crippen LogP) is 2.84. The molecule has 104 valence electrons. The first kappa shape index (κ1) is 13.8. The summed E-state index contributed by atoms with van der Waals surface area (Å²) in [5, 5.41) is 3.23. The topological polar surface area (TPSA) is 44.0 Å². The van der Waals surface area contributed by atoms with Crippen LogP contribution < -0.4 is 5.32 Å².